The molecule has 0 amide bonds. The molecular formula is C61H38N4. The van der Waals surface area contributed by atoms with Crippen molar-refractivity contribution in [2.24, 2.45) is 0 Å². The van der Waals surface area contributed by atoms with Crippen molar-refractivity contribution in [2.75, 3.05) is 0 Å². The summed E-state index contributed by atoms with van der Waals surface area (Å²) in [4.78, 5) is 10.7. The molecule has 0 saturated heterocycles. The molecule has 0 radical (unpaired) electrons. The molecule has 0 aliphatic rings. The number of benzene rings is 10. The lowest BCUT2D eigenvalue weighted by Gasteiger charge is -2.18. The van der Waals surface area contributed by atoms with E-state index in [9.17, 15) is 0 Å². The summed E-state index contributed by atoms with van der Waals surface area (Å²) in [5, 5.41) is 15.7. The first kappa shape index (κ1) is 36.9. The van der Waals surface area contributed by atoms with E-state index in [0.29, 0.717) is 0 Å². The van der Waals surface area contributed by atoms with E-state index in [2.05, 4.69) is 229 Å². The van der Waals surface area contributed by atoms with Crippen molar-refractivity contribution in [1.82, 2.24) is 19.7 Å². The Morgan fingerprint density at radius 2 is 0.800 bits per heavy atom. The molecule has 0 spiro atoms. The Morgan fingerprint density at radius 1 is 0.323 bits per heavy atom. The highest BCUT2D eigenvalue weighted by Gasteiger charge is 2.22. The van der Waals surface area contributed by atoms with Gasteiger partial charge in [0.25, 0.3) is 0 Å². The molecule has 4 nitrogen and oxygen atoms in total. The van der Waals surface area contributed by atoms with Crippen LogP contribution in [0.4, 0.5) is 0 Å². The average molecular weight is 827 g/mol. The summed E-state index contributed by atoms with van der Waals surface area (Å²) in [5.74, 6) is 0. The molecule has 3 heterocycles. The summed E-state index contributed by atoms with van der Waals surface area (Å²) in [7, 11) is 0. The highest BCUT2D eigenvalue weighted by Crippen LogP contribution is 2.46. The Morgan fingerprint density at radius 3 is 1.43 bits per heavy atom. The van der Waals surface area contributed by atoms with E-state index in [4.69, 9.17) is 15.1 Å². The van der Waals surface area contributed by atoms with Crippen LogP contribution in [0, 0.1) is 0 Å². The number of hydrogen-bond donors (Lipinski definition) is 0. The Labute approximate surface area is 375 Å². The van der Waals surface area contributed by atoms with Gasteiger partial charge in [0, 0.05) is 38.2 Å². The van der Waals surface area contributed by atoms with Crippen molar-refractivity contribution in [3.63, 3.8) is 0 Å². The minimum Gasteiger partial charge on any atom is -0.245 e. The first-order valence-corrected chi connectivity index (χ1v) is 22.1. The average Bonchev–Trinajstić information content (AvgIpc) is 3.79. The number of hydrogen-bond acceptors (Lipinski definition) is 3. The molecule has 0 aliphatic heterocycles. The molecule has 4 heteroatoms. The Kier molecular flexibility index (Phi) is 8.50. The predicted molar refractivity (Wildman–Crippen MR) is 271 cm³/mol. The lowest BCUT2D eigenvalue weighted by molar-refractivity contribution is 0.918. The standard InChI is InChI=1S/C61H38N4/c1-4-16-40(17-5-1)53-36-34-43-32-33-44-35-37-54(63-60(44)59(43)62-53)56-50-26-14-12-24-48(50)55(49-25-13-15-27-51(49)56)41-30-28-39(29-31-41)52-38-45-20-10-11-23-47(45)61-57(52)58(42-18-6-2-7-19-42)64-65(61)46-21-8-3-9-22-46/h1-38H. The van der Waals surface area contributed by atoms with Crippen LogP contribution in [0.5, 0.6) is 0 Å². The van der Waals surface area contributed by atoms with Gasteiger partial charge < -0.3 is 0 Å². The third kappa shape index (κ3) is 6.03. The van der Waals surface area contributed by atoms with Crippen molar-refractivity contribution in [2.45, 2.75) is 0 Å². The molecule has 0 N–H and O–H groups in total. The van der Waals surface area contributed by atoms with Gasteiger partial charge in [0.15, 0.2) is 0 Å². The zero-order valence-electron chi connectivity index (χ0n) is 35.2. The molecule has 13 rings (SSSR count). The summed E-state index contributed by atoms with van der Waals surface area (Å²) in [6.07, 6.45) is 0. The molecular weight excluding hydrogens is 789 g/mol. The number of para-hydroxylation sites is 1. The third-order valence-corrected chi connectivity index (χ3v) is 13.0. The number of fused-ring (bicyclic) bond motifs is 8. The van der Waals surface area contributed by atoms with E-state index in [0.717, 1.165) is 99.6 Å². The van der Waals surface area contributed by atoms with Crippen LogP contribution in [0.25, 0.3) is 127 Å². The first-order chi connectivity index (χ1) is 32.2. The number of aromatic nitrogens is 4. The summed E-state index contributed by atoms with van der Waals surface area (Å²) in [5.41, 5.74) is 14.7. The van der Waals surface area contributed by atoms with Crippen molar-refractivity contribution < 1.29 is 0 Å². The number of pyridine rings is 2. The Hall–Kier alpha value is -8.73. The molecule has 3 aromatic heterocycles. The van der Waals surface area contributed by atoms with Gasteiger partial charge in [0.05, 0.1) is 33.6 Å². The molecule has 0 saturated carbocycles. The van der Waals surface area contributed by atoms with Gasteiger partial charge in [-0.15, -0.1) is 0 Å². The third-order valence-electron chi connectivity index (χ3n) is 13.0. The first-order valence-electron chi connectivity index (χ1n) is 22.1. The van der Waals surface area contributed by atoms with Crippen LogP contribution in [0.3, 0.4) is 0 Å². The molecule has 0 aliphatic carbocycles. The van der Waals surface area contributed by atoms with Gasteiger partial charge >= 0.3 is 0 Å². The van der Waals surface area contributed by atoms with Crippen molar-refractivity contribution in [3.05, 3.63) is 231 Å². The SMILES string of the molecule is c1ccc(-c2ccc3ccc4ccc(-c5c6ccccc6c(-c6ccc(-c7cc8ccccc8c8c7c(-c7ccccc7)nn8-c7ccccc7)cc6)c6ccccc56)nc4c3n2)cc1. The lowest BCUT2D eigenvalue weighted by atomic mass is 9.86. The quantitative estimate of drug-likeness (QED) is 0.124. The van der Waals surface area contributed by atoms with Crippen LogP contribution >= 0.6 is 0 Å². The summed E-state index contributed by atoms with van der Waals surface area (Å²) in [6.45, 7) is 0. The second-order valence-electron chi connectivity index (χ2n) is 16.7. The smallest absolute Gasteiger partial charge is 0.101 e. The van der Waals surface area contributed by atoms with E-state index < -0.39 is 0 Å². The van der Waals surface area contributed by atoms with Crippen molar-refractivity contribution in [3.8, 4) is 61.7 Å². The fourth-order valence-corrected chi connectivity index (χ4v) is 9.98. The van der Waals surface area contributed by atoms with E-state index in [1.807, 2.05) is 6.07 Å². The fraction of sp³-hybridized carbons (Fsp3) is 0. The van der Waals surface area contributed by atoms with Crippen LogP contribution in [0.15, 0.2) is 231 Å². The molecule has 13 aromatic rings. The van der Waals surface area contributed by atoms with Crippen molar-refractivity contribution >= 4 is 65.0 Å². The monoisotopic (exact) mass is 826 g/mol. The van der Waals surface area contributed by atoms with Crippen LogP contribution in [-0.2, 0) is 0 Å². The predicted octanol–water partition coefficient (Wildman–Crippen LogP) is 15.9. The maximum atomic E-state index is 5.48. The molecule has 302 valence electrons. The summed E-state index contributed by atoms with van der Waals surface area (Å²) < 4.78 is 2.13. The number of rotatable bonds is 6. The topological polar surface area (TPSA) is 43.6 Å². The molecule has 0 unspecified atom stereocenters. The normalized spacial score (nSPS) is 11.7. The maximum absolute atomic E-state index is 5.48. The van der Waals surface area contributed by atoms with Gasteiger partial charge in [-0.25, -0.2) is 14.6 Å². The van der Waals surface area contributed by atoms with E-state index in [1.165, 1.54) is 27.1 Å². The van der Waals surface area contributed by atoms with E-state index in [1.54, 1.807) is 0 Å². The molecule has 0 bridgehead atoms. The van der Waals surface area contributed by atoms with Gasteiger partial charge in [0.2, 0.25) is 0 Å². The van der Waals surface area contributed by atoms with Crippen LogP contribution < -0.4 is 0 Å². The highest BCUT2D eigenvalue weighted by molar-refractivity contribution is 6.22. The Bertz CT molecular complexity index is 3910. The molecule has 0 fully saturated rings. The molecule has 0 atom stereocenters. The second kappa shape index (κ2) is 15.0. The minimum absolute atomic E-state index is 0.901. The van der Waals surface area contributed by atoms with Gasteiger partial charge in [-0.3, -0.25) is 0 Å². The minimum atomic E-state index is 0.901. The maximum Gasteiger partial charge on any atom is 0.101 e. The van der Waals surface area contributed by atoms with Crippen molar-refractivity contribution in [1.29, 1.82) is 0 Å². The summed E-state index contributed by atoms with van der Waals surface area (Å²) >= 11 is 0. The largest absolute Gasteiger partial charge is 0.245 e. The zero-order chi connectivity index (χ0) is 42.8. The highest BCUT2D eigenvalue weighted by atomic mass is 15.3. The fourth-order valence-electron chi connectivity index (χ4n) is 9.98. The van der Waals surface area contributed by atoms with E-state index in [-0.39, 0.29) is 0 Å². The second-order valence-corrected chi connectivity index (χ2v) is 16.7. The van der Waals surface area contributed by atoms with Crippen LogP contribution in [0.2, 0.25) is 0 Å². The van der Waals surface area contributed by atoms with Gasteiger partial charge in [0.1, 0.15) is 5.69 Å². The number of nitrogens with zero attached hydrogens (tertiary/aromatic N) is 4. The van der Waals surface area contributed by atoms with Gasteiger partial charge in [-0.05, 0) is 79.5 Å². The van der Waals surface area contributed by atoms with E-state index >= 15 is 0 Å². The zero-order valence-corrected chi connectivity index (χ0v) is 35.2. The summed E-state index contributed by atoms with van der Waals surface area (Å²) in [6, 6.07) is 82.1. The molecule has 65 heavy (non-hydrogen) atoms. The Balaban J connectivity index is 0.999. The van der Waals surface area contributed by atoms with Gasteiger partial charge in [-0.1, -0.05) is 200 Å². The van der Waals surface area contributed by atoms with Crippen LogP contribution in [-0.4, -0.2) is 19.7 Å². The van der Waals surface area contributed by atoms with Crippen LogP contribution in [0.1, 0.15) is 0 Å². The lowest BCUT2D eigenvalue weighted by Crippen LogP contribution is -1.96. The molecule has 10 aromatic carbocycles. The van der Waals surface area contributed by atoms with Gasteiger partial charge in [-0.2, -0.15) is 5.10 Å².